The summed E-state index contributed by atoms with van der Waals surface area (Å²) in [5, 5.41) is 6.35. The molecule has 1 saturated carbocycles. The Bertz CT molecular complexity index is 1140. The predicted molar refractivity (Wildman–Crippen MR) is 125 cm³/mol. The molecule has 2 aromatic rings. The lowest BCUT2D eigenvalue weighted by atomic mass is 10.1. The van der Waals surface area contributed by atoms with Gasteiger partial charge >= 0.3 is 0 Å². The minimum absolute atomic E-state index is 0.0265. The molecule has 1 aliphatic carbocycles. The molecule has 2 amide bonds. The second-order valence-corrected chi connectivity index (χ2v) is 10.0. The molecule has 1 aliphatic rings. The van der Waals surface area contributed by atoms with Crippen molar-refractivity contribution in [1.82, 2.24) is 15.3 Å². The number of hydrogen-bond acceptors (Lipinski definition) is 7. The van der Waals surface area contributed by atoms with Gasteiger partial charge in [-0.3, -0.25) is 9.59 Å². The summed E-state index contributed by atoms with van der Waals surface area (Å²) < 4.78 is 28.8. The molecule has 1 aromatic heterocycles. The molecule has 1 heterocycles. The number of aromatic nitrogens is 2. The Labute approximate surface area is 193 Å². The Morgan fingerprint density at radius 1 is 1.15 bits per heavy atom. The second kappa shape index (κ2) is 10.6. The molecule has 0 aliphatic heterocycles. The Balaban J connectivity index is 2.04. The Morgan fingerprint density at radius 3 is 2.42 bits per heavy atom. The molecular formula is C23H28N4O5S. The van der Waals surface area contributed by atoms with Crippen molar-refractivity contribution in [3.8, 4) is 11.6 Å². The van der Waals surface area contributed by atoms with Gasteiger partial charge in [-0.2, -0.15) is 4.98 Å². The number of amides is 2. The van der Waals surface area contributed by atoms with Crippen molar-refractivity contribution < 1.29 is 22.7 Å². The zero-order valence-electron chi connectivity index (χ0n) is 18.9. The topological polar surface area (TPSA) is 127 Å². The van der Waals surface area contributed by atoms with E-state index >= 15 is 0 Å². The van der Waals surface area contributed by atoms with Crippen molar-refractivity contribution in [3.05, 3.63) is 53.2 Å². The average Bonchev–Trinajstić information content (AvgIpc) is 3.27. The van der Waals surface area contributed by atoms with Crippen molar-refractivity contribution in [1.29, 1.82) is 0 Å². The number of nitrogens with zero attached hydrogens (tertiary/aromatic N) is 2. The minimum atomic E-state index is -3.35. The summed E-state index contributed by atoms with van der Waals surface area (Å²) in [5.41, 5.74) is -0.0320. The van der Waals surface area contributed by atoms with Gasteiger partial charge in [-0.25, -0.2) is 13.4 Å². The van der Waals surface area contributed by atoms with Crippen molar-refractivity contribution >= 4 is 27.5 Å². The smallest absolute Gasteiger partial charge is 0.261 e. The first-order chi connectivity index (χ1) is 15.6. The molecule has 1 unspecified atom stereocenters. The summed E-state index contributed by atoms with van der Waals surface area (Å²) >= 11 is 0. The van der Waals surface area contributed by atoms with Crippen LogP contribution in [0.2, 0.25) is 0 Å². The molecule has 176 valence electrons. The van der Waals surface area contributed by atoms with Crippen LogP contribution in [0.4, 0.5) is 5.82 Å². The molecule has 1 atom stereocenters. The van der Waals surface area contributed by atoms with E-state index < -0.39 is 27.7 Å². The SMILES string of the molecule is CC(=O)Nc1nc(C2CCCC2)nc(Oc2ccccc2)c1C(=O)NC(C)/C=C/S(C)(=O)=O. The maximum atomic E-state index is 13.2. The number of nitrogens with one attached hydrogen (secondary N) is 2. The van der Waals surface area contributed by atoms with Crippen LogP contribution in [0.15, 0.2) is 41.8 Å². The van der Waals surface area contributed by atoms with E-state index in [2.05, 4.69) is 20.6 Å². The highest BCUT2D eigenvalue weighted by Gasteiger charge is 2.28. The van der Waals surface area contributed by atoms with Crippen LogP contribution in [-0.4, -0.2) is 42.5 Å². The normalized spacial score (nSPS) is 15.4. The van der Waals surface area contributed by atoms with Crippen LogP contribution in [0.1, 0.15) is 61.6 Å². The fraction of sp³-hybridized carbons (Fsp3) is 0.391. The van der Waals surface area contributed by atoms with Crippen LogP contribution < -0.4 is 15.4 Å². The largest absolute Gasteiger partial charge is 0.438 e. The van der Waals surface area contributed by atoms with Crippen LogP contribution >= 0.6 is 0 Å². The molecule has 2 N–H and O–H groups in total. The standard InChI is InChI=1S/C23H28N4O5S/c1-15(13-14-33(3,30)31)24-22(29)19-21(25-16(2)28)26-20(17-9-7-8-10-17)27-23(19)32-18-11-5-4-6-12-18/h4-6,11-15,17H,7-10H2,1-3H3,(H,24,29)(H,25,26,27,28)/b14-13+. The highest BCUT2D eigenvalue weighted by Crippen LogP contribution is 2.36. The van der Waals surface area contributed by atoms with E-state index in [-0.39, 0.29) is 23.2 Å². The number of rotatable bonds is 8. The third-order valence-corrected chi connectivity index (χ3v) is 5.72. The molecule has 10 heteroatoms. The molecule has 0 spiro atoms. The molecule has 3 rings (SSSR count). The maximum Gasteiger partial charge on any atom is 0.261 e. The number of sulfone groups is 1. The third kappa shape index (κ3) is 7.11. The van der Waals surface area contributed by atoms with Gasteiger partial charge in [-0.05, 0) is 31.9 Å². The van der Waals surface area contributed by atoms with Crippen molar-refractivity contribution in [2.75, 3.05) is 11.6 Å². The van der Waals surface area contributed by atoms with E-state index in [4.69, 9.17) is 4.74 Å². The lowest BCUT2D eigenvalue weighted by Gasteiger charge is -2.18. The molecule has 1 aromatic carbocycles. The number of anilines is 1. The number of ether oxygens (including phenoxy) is 1. The van der Waals surface area contributed by atoms with Gasteiger partial charge in [-0.1, -0.05) is 37.1 Å². The number of hydrogen-bond donors (Lipinski definition) is 2. The van der Waals surface area contributed by atoms with Gasteiger partial charge in [0.25, 0.3) is 5.91 Å². The third-order valence-electron chi connectivity index (χ3n) is 5.07. The highest BCUT2D eigenvalue weighted by atomic mass is 32.2. The van der Waals surface area contributed by atoms with Crippen molar-refractivity contribution in [3.63, 3.8) is 0 Å². The van der Waals surface area contributed by atoms with Gasteiger partial charge in [-0.15, -0.1) is 0 Å². The van der Waals surface area contributed by atoms with E-state index in [1.807, 2.05) is 6.07 Å². The molecule has 0 saturated heterocycles. The Morgan fingerprint density at radius 2 is 1.82 bits per heavy atom. The highest BCUT2D eigenvalue weighted by molar-refractivity contribution is 7.93. The number of benzene rings is 1. The van der Waals surface area contributed by atoms with Gasteiger partial charge < -0.3 is 15.4 Å². The molecule has 0 radical (unpaired) electrons. The van der Waals surface area contributed by atoms with Gasteiger partial charge in [0.2, 0.25) is 11.8 Å². The average molecular weight is 473 g/mol. The zero-order chi connectivity index (χ0) is 24.0. The predicted octanol–water partition coefficient (Wildman–Crippen LogP) is 3.56. The fourth-order valence-electron chi connectivity index (χ4n) is 3.55. The number of carbonyl (C=O) groups excluding carboxylic acids is 2. The van der Waals surface area contributed by atoms with Crippen LogP contribution in [0, 0.1) is 0 Å². The monoisotopic (exact) mass is 472 g/mol. The summed E-state index contributed by atoms with van der Waals surface area (Å²) in [6.07, 6.45) is 6.38. The molecule has 0 bridgehead atoms. The van der Waals surface area contributed by atoms with E-state index in [9.17, 15) is 18.0 Å². The van der Waals surface area contributed by atoms with Crippen molar-refractivity contribution in [2.24, 2.45) is 0 Å². The Kier molecular flexibility index (Phi) is 7.80. The fourth-order valence-corrected chi connectivity index (χ4v) is 4.07. The van der Waals surface area contributed by atoms with Gasteiger partial charge in [0.05, 0.1) is 0 Å². The summed E-state index contributed by atoms with van der Waals surface area (Å²) in [6, 6.07) is 8.27. The first kappa shape index (κ1) is 24.4. The summed E-state index contributed by atoms with van der Waals surface area (Å²) in [4.78, 5) is 34.2. The number of para-hydroxylation sites is 1. The summed E-state index contributed by atoms with van der Waals surface area (Å²) in [7, 11) is -3.35. The molecular weight excluding hydrogens is 444 g/mol. The molecule has 1 fully saturated rings. The van der Waals surface area contributed by atoms with Crippen LogP contribution in [-0.2, 0) is 14.6 Å². The van der Waals surface area contributed by atoms with Crippen LogP contribution in [0.3, 0.4) is 0 Å². The lowest BCUT2D eigenvalue weighted by molar-refractivity contribution is -0.114. The summed E-state index contributed by atoms with van der Waals surface area (Å²) in [6.45, 7) is 2.96. The van der Waals surface area contributed by atoms with E-state index in [1.165, 1.54) is 13.0 Å². The second-order valence-electron chi connectivity index (χ2n) is 8.11. The van der Waals surface area contributed by atoms with Crippen molar-refractivity contribution in [2.45, 2.75) is 51.5 Å². The lowest BCUT2D eigenvalue weighted by Crippen LogP contribution is -2.33. The van der Waals surface area contributed by atoms with E-state index in [0.717, 1.165) is 37.3 Å². The van der Waals surface area contributed by atoms with Gasteiger partial charge in [0.15, 0.2) is 15.7 Å². The van der Waals surface area contributed by atoms with E-state index in [0.29, 0.717) is 11.6 Å². The first-order valence-corrected chi connectivity index (χ1v) is 12.7. The maximum absolute atomic E-state index is 13.2. The quantitative estimate of drug-likeness (QED) is 0.601. The van der Waals surface area contributed by atoms with E-state index in [1.54, 1.807) is 31.2 Å². The van der Waals surface area contributed by atoms with Gasteiger partial charge in [0.1, 0.15) is 17.1 Å². The van der Waals surface area contributed by atoms with Crippen LogP contribution in [0.5, 0.6) is 11.6 Å². The zero-order valence-corrected chi connectivity index (χ0v) is 19.7. The van der Waals surface area contributed by atoms with Gasteiger partial charge in [0, 0.05) is 30.5 Å². The minimum Gasteiger partial charge on any atom is -0.438 e. The number of carbonyl (C=O) groups is 2. The summed E-state index contributed by atoms with van der Waals surface area (Å²) in [5.74, 6) is 0.194. The van der Waals surface area contributed by atoms with Crippen LogP contribution in [0.25, 0.3) is 0 Å². The first-order valence-electron chi connectivity index (χ1n) is 10.7. The molecule has 33 heavy (non-hydrogen) atoms. The Hall–Kier alpha value is -3.27. The molecule has 9 nitrogen and oxygen atoms in total.